The topological polar surface area (TPSA) is 78.0 Å². The third kappa shape index (κ3) is 1.88. The van der Waals surface area contributed by atoms with Gasteiger partial charge in [-0.2, -0.15) is 5.10 Å². The van der Waals surface area contributed by atoms with Gasteiger partial charge in [0.15, 0.2) is 0 Å². The number of carbonyl (C=O) groups excluding carboxylic acids is 1. The number of aromatic amines is 1. The van der Waals surface area contributed by atoms with E-state index in [0.717, 1.165) is 0 Å². The molecule has 0 spiro atoms. The summed E-state index contributed by atoms with van der Waals surface area (Å²) < 4.78 is 0. The lowest BCUT2D eigenvalue weighted by molar-refractivity contribution is 0.102. The third-order valence-electron chi connectivity index (χ3n) is 2.23. The van der Waals surface area contributed by atoms with Crippen molar-refractivity contribution in [2.75, 3.05) is 5.32 Å². The minimum absolute atomic E-state index is 0.000449. The van der Waals surface area contributed by atoms with Gasteiger partial charge >= 0.3 is 0 Å². The van der Waals surface area contributed by atoms with Crippen molar-refractivity contribution in [3.63, 3.8) is 0 Å². The van der Waals surface area contributed by atoms with Crippen LogP contribution in [-0.4, -0.2) is 21.2 Å². The van der Waals surface area contributed by atoms with Gasteiger partial charge in [0.1, 0.15) is 11.6 Å². The average molecular weight is 217 g/mol. The van der Waals surface area contributed by atoms with Crippen LogP contribution >= 0.6 is 0 Å². The summed E-state index contributed by atoms with van der Waals surface area (Å²) in [6, 6.07) is 6.65. The number of aromatic nitrogens is 2. The van der Waals surface area contributed by atoms with Crippen molar-refractivity contribution in [3.8, 4) is 5.75 Å². The molecule has 0 aliphatic rings. The highest BCUT2D eigenvalue weighted by Crippen LogP contribution is 2.21. The van der Waals surface area contributed by atoms with E-state index in [1.807, 2.05) is 0 Å². The van der Waals surface area contributed by atoms with Crippen LogP contribution in [0, 0.1) is 6.92 Å². The molecule has 16 heavy (non-hydrogen) atoms. The molecule has 0 atom stereocenters. The number of phenolic OH excluding ortho intramolecular Hbond substituents is 1. The van der Waals surface area contributed by atoms with E-state index in [2.05, 4.69) is 15.5 Å². The van der Waals surface area contributed by atoms with Crippen LogP contribution < -0.4 is 5.32 Å². The van der Waals surface area contributed by atoms with Gasteiger partial charge in [0.2, 0.25) is 0 Å². The van der Waals surface area contributed by atoms with E-state index in [-0.39, 0.29) is 17.2 Å². The van der Waals surface area contributed by atoms with Gasteiger partial charge in [0.25, 0.3) is 5.91 Å². The van der Waals surface area contributed by atoms with Gasteiger partial charge in [0.05, 0.1) is 11.8 Å². The number of H-pyrrole nitrogens is 1. The monoisotopic (exact) mass is 217 g/mol. The average Bonchev–Trinajstić information content (AvgIpc) is 2.74. The standard InChI is InChI=1S/C11H11N3O2/c1-7-3-2-4-8(10(7)15)11(16)13-9-5-6-12-14-9/h2-6,15H,1H3,(H2,12,13,14,16). The van der Waals surface area contributed by atoms with Gasteiger partial charge in [-0.25, -0.2) is 0 Å². The number of nitrogens with one attached hydrogen (secondary N) is 2. The number of anilines is 1. The van der Waals surface area contributed by atoms with Gasteiger partial charge in [-0.1, -0.05) is 12.1 Å². The number of nitrogens with zero attached hydrogens (tertiary/aromatic N) is 1. The molecular formula is C11H11N3O2. The molecule has 1 heterocycles. The lowest BCUT2D eigenvalue weighted by Gasteiger charge is -2.06. The van der Waals surface area contributed by atoms with Crippen LogP contribution in [0.1, 0.15) is 15.9 Å². The number of para-hydroxylation sites is 1. The number of rotatable bonds is 2. The van der Waals surface area contributed by atoms with Gasteiger partial charge in [-0.05, 0) is 18.6 Å². The van der Waals surface area contributed by atoms with Crippen molar-refractivity contribution in [3.05, 3.63) is 41.6 Å². The Labute approximate surface area is 92.1 Å². The maximum Gasteiger partial charge on any atom is 0.260 e. The quantitative estimate of drug-likeness (QED) is 0.716. The number of hydrogen-bond donors (Lipinski definition) is 3. The Morgan fingerprint density at radius 1 is 1.44 bits per heavy atom. The fourth-order valence-corrected chi connectivity index (χ4v) is 1.36. The summed E-state index contributed by atoms with van der Waals surface area (Å²) in [6.07, 6.45) is 1.53. The van der Waals surface area contributed by atoms with Crippen LogP contribution in [0.5, 0.6) is 5.75 Å². The molecule has 2 aromatic rings. The summed E-state index contributed by atoms with van der Waals surface area (Å²) in [4.78, 5) is 11.8. The van der Waals surface area contributed by atoms with Gasteiger partial charge < -0.3 is 10.4 Å². The van der Waals surface area contributed by atoms with Crippen LogP contribution in [0.2, 0.25) is 0 Å². The Hall–Kier alpha value is -2.30. The fraction of sp³-hybridized carbons (Fsp3) is 0.0909. The molecule has 0 radical (unpaired) electrons. The van der Waals surface area contributed by atoms with Crippen molar-refractivity contribution in [2.45, 2.75) is 6.92 Å². The molecule has 0 aliphatic carbocycles. The van der Waals surface area contributed by atoms with Crippen LogP contribution in [0.25, 0.3) is 0 Å². The molecule has 0 saturated heterocycles. The highest BCUT2D eigenvalue weighted by atomic mass is 16.3. The number of hydrogen-bond acceptors (Lipinski definition) is 3. The third-order valence-corrected chi connectivity index (χ3v) is 2.23. The van der Waals surface area contributed by atoms with Crippen LogP contribution in [0.15, 0.2) is 30.5 Å². The number of amides is 1. The molecule has 0 bridgehead atoms. The number of carbonyl (C=O) groups is 1. The molecule has 0 fully saturated rings. The summed E-state index contributed by atoms with van der Waals surface area (Å²) in [7, 11) is 0. The Kier molecular flexibility index (Phi) is 2.59. The zero-order chi connectivity index (χ0) is 11.5. The lowest BCUT2D eigenvalue weighted by Crippen LogP contribution is -2.12. The molecule has 0 unspecified atom stereocenters. The first-order chi connectivity index (χ1) is 7.68. The number of aromatic hydroxyl groups is 1. The van der Waals surface area contributed by atoms with Gasteiger partial charge in [-0.15, -0.1) is 0 Å². The molecule has 82 valence electrons. The Balaban J connectivity index is 2.24. The molecule has 1 aromatic heterocycles. The van der Waals surface area contributed by atoms with Crippen molar-refractivity contribution in [1.82, 2.24) is 10.2 Å². The maximum absolute atomic E-state index is 11.8. The normalized spacial score (nSPS) is 10.1. The highest BCUT2D eigenvalue weighted by molar-refractivity contribution is 6.05. The van der Waals surface area contributed by atoms with Gasteiger partial charge in [-0.3, -0.25) is 9.89 Å². The van der Waals surface area contributed by atoms with E-state index in [1.54, 1.807) is 31.2 Å². The molecule has 5 nitrogen and oxygen atoms in total. The Morgan fingerprint density at radius 3 is 2.94 bits per heavy atom. The van der Waals surface area contributed by atoms with E-state index in [0.29, 0.717) is 11.4 Å². The lowest BCUT2D eigenvalue weighted by atomic mass is 10.1. The first-order valence-corrected chi connectivity index (χ1v) is 4.78. The summed E-state index contributed by atoms with van der Waals surface area (Å²) >= 11 is 0. The van der Waals surface area contributed by atoms with E-state index < -0.39 is 0 Å². The van der Waals surface area contributed by atoms with Crippen molar-refractivity contribution >= 4 is 11.7 Å². The number of benzene rings is 1. The SMILES string of the molecule is Cc1cccc(C(=O)Nc2ccn[nH]2)c1O. The summed E-state index contributed by atoms with van der Waals surface area (Å²) in [5, 5.41) is 18.6. The Bertz CT molecular complexity index is 506. The molecule has 5 heteroatoms. The minimum Gasteiger partial charge on any atom is -0.507 e. The van der Waals surface area contributed by atoms with Crippen LogP contribution in [0.3, 0.4) is 0 Å². The second kappa shape index (κ2) is 4.06. The molecule has 3 N–H and O–H groups in total. The molecule has 2 rings (SSSR count). The molecule has 0 aliphatic heterocycles. The van der Waals surface area contributed by atoms with E-state index in [1.165, 1.54) is 6.20 Å². The van der Waals surface area contributed by atoms with E-state index >= 15 is 0 Å². The number of phenols is 1. The minimum atomic E-state index is -0.370. The van der Waals surface area contributed by atoms with E-state index in [4.69, 9.17) is 0 Å². The number of aryl methyl sites for hydroxylation is 1. The zero-order valence-electron chi connectivity index (χ0n) is 8.69. The largest absolute Gasteiger partial charge is 0.507 e. The zero-order valence-corrected chi connectivity index (χ0v) is 8.69. The maximum atomic E-state index is 11.8. The first kappa shape index (κ1) is 10.2. The Morgan fingerprint density at radius 2 is 2.25 bits per heavy atom. The summed E-state index contributed by atoms with van der Waals surface area (Å²) in [5.74, 6) is 0.121. The highest BCUT2D eigenvalue weighted by Gasteiger charge is 2.12. The second-order valence-electron chi connectivity index (χ2n) is 3.40. The first-order valence-electron chi connectivity index (χ1n) is 4.78. The summed E-state index contributed by atoms with van der Waals surface area (Å²) in [6.45, 7) is 1.74. The van der Waals surface area contributed by atoms with Crippen LogP contribution in [0.4, 0.5) is 5.82 Å². The van der Waals surface area contributed by atoms with Crippen LogP contribution in [-0.2, 0) is 0 Å². The fourth-order valence-electron chi connectivity index (χ4n) is 1.36. The predicted molar refractivity (Wildman–Crippen MR) is 59.4 cm³/mol. The predicted octanol–water partition coefficient (Wildman–Crippen LogP) is 1.68. The van der Waals surface area contributed by atoms with Crippen molar-refractivity contribution in [1.29, 1.82) is 0 Å². The van der Waals surface area contributed by atoms with Gasteiger partial charge in [0, 0.05) is 6.07 Å². The molecular weight excluding hydrogens is 206 g/mol. The second-order valence-corrected chi connectivity index (χ2v) is 3.40. The smallest absolute Gasteiger partial charge is 0.260 e. The van der Waals surface area contributed by atoms with Crippen molar-refractivity contribution in [2.24, 2.45) is 0 Å². The van der Waals surface area contributed by atoms with E-state index in [9.17, 15) is 9.90 Å². The summed E-state index contributed by atoms with van der Waals surface area (Å²) in [5.41, 5.74) is 0.909. The molecule has 0 saturated carbocycles. The molecule has 1 aromatic carbocycles. The van der Waals surface area contributed by atoms with Crippen molar-refractivity contribution < 1.29 is 9.90 Å². The molecule has 1 amide bonds.